The molecule has 1 spiro atoms. The number of amides is 4. The number of carbonyl (C=O) groups excluding carboxylic acids is 3. The van der Waals surface area contributed by atoms with Gasteiger partial charge in [0.1, 0.15) is 24.4 Å². The summed E-state index contributed by atoms with van der Waals surface area (Å²) in [7, 11) is 0. The second-order valence-corrected chi connectivity index (χ2v) is 6.95. The van der Waals surface area contributed by atoms with E-state index in [2.05, 4.69) is 10.6 Å². The molecule has 7 nitrogen and oxygen atoms in total. The third-order valence-corrected chi connectivity index (χ3v) is 5.24. The number of hydrogen-bond donors (Lipinski definition) is 2. The van der Waals surface area contributed by atoms with Crippen molar-refractivity contribution >= 4 is 17.8 Å². The van der Waals surface area contributed by atoms with E-state index in [0.29, 0.717) is 19.6 Å². The molecule has 0 bridgehead atoms. The van der Waals surface area contributed by atoms with Gasteiger partial charge < -0.3 is 15.4 Å². The van der Waals surface area contributed by atoms with E-state index in [1.807, 2.05) is 37.3 Å². The fourth-order valence-corrected chi connectivity index (χ4v) is 3.71. The lowest BCUT2D eigenvalue weighted by atomic mass is 9.73. The third-order valence-electron chi connectivity index (χ3n) is 5.24. The van der Waals surface area contributed by atoms with Crippen LogP contribution in [0.2, 0.25) is 0 Å². The zero-order valence-electron chi connectivity index (χ0n) is 15.0. The first kappa shape index (κ1) is 18.2. The molecule has 0 radical (unpaired) electrons. The van der Waals surface area contributed by atoms with Gasteiger partial charge in [0.25, 0.3) is 5.91 Å². The van der Waals surface area contributed by atoms with Crippen molar-refractivity contribution in [3.63, 3.8) is 0 Å². The molecular formula is C19H25N3O4. The molecule has 140 valence electrons. The van der Waals surface area contributed by atoms with E-state index in [4.69, 9.17) is 4.74 Å². The van der Waals surface area contributed by atoms with Crippen LogP contribution in [0.1, 0.15) is 32.6 Å². The van der Waals surface area contributed by atoms with Gasteiger partial charge in [-0.05, 0) is 30.9 Å². The second kappa shape index (κ2) is 7.76. The van der Waals surface area contributed by atoms with Gasteiger partial charge in [-0.25, -0.2) is 4.79 Å². The Hall–Kier alpha value is -2.57. The minimum absolute atomic E-state index is 0.0834. The zero-order valence-corrected chi connectivity index (χ0v) is 15.0. The van der Waals surface area contributed by atoms with Crippen LogP contribution in [0.3, 0.4) is 0 Å². The molecular weight excluding hydrogens is 334 g/mol. The minimum atomic E-state index is -0.827. The number of nitrogens with zero attached hydrogens (tertiary/aromatic N) is 1. The summed E-state index contributed by atoms with van der Waals surface area (Å²) >= 11 is 0. The summed E-state index contributed by atoms with van der Waals surface area (Å²) in [4.78, 5) is 38.2. The molecule has 2 fully saturated rings. The fraction of sp³-hybridized carbons (Fsp3) is 0.526. The van der Waals surface area contributed by atoms with Crippen molar-refractivity contribution < 1.29 is 19.1 Å². The number of benzene rings is 1. The van der Waals surface area contributed by atoms with E-state index < -0.39 is 11.6 Å². The SMILES string of the molecule is C[C@@H]1CCCC[C@]12NC(=O)N(CC(=O)NCCOc1ccccc1)C2=O. The third kappa shape index (κ3) is 3.66. The van der Waals surface area contributed by atoms with Gasteiger partial charge in [-0.3, -0.25) is 14.5 Å². The molecule has 2 N–H and O–H groups in total. The molecule has 1 aliphatic heterocycles. The molecule has 0 unspecified atom stereocenters. The van der Waals surface area contributed by atoms with E-state index >= 15 is 0 Å². The normalized spacial score (nSPS) is 25.3. The topological polar surface area (TPSA) is 87.7 Å². The highest BCUT2D eigenvalue weighted by Crippen LogP contribution is 2.38. The molecule has 4 amide bonds. The highest BCUT2D eigenvalue weighted by Gasteiger charge is 2.55. The molecule has 0 aromatic heterocycles. The second-order valence-electron chi connectivity index (χ2n) is 6.95. The van der Waals surface area contributed by atoms with Gasteiger partial charge in [0.2, 0.25) is 5.91 Å². The zero-order chi connectivity index (χ0) is 18.6. The van der Waals surface area contributed by atoms with Crippen molar-refractivity contribution in [2.24, 2.45) is 5.92 Å². The van der Waals surface area contributed by atoms with E-state index in [0.717, 1.165) is 29.9 Å². The minimum Gasteiger partial charge on any atom is -0.492 e. The average molecular weight is 359 g/mol. The number of para-hydroxylation sites is 1. The Balaban J connectivity index is 1.48. The summed E-state index contributed by atoms with van der Waals surface area (Å²) in [6.45, 7) is 2.35. The molecule has 7 heteroatoms. The summed E-state index contributed by atoms with van der Waals surface area (Å²) in [5.74, 6) is 0.167. The van der Waals surface area contributed by atoms with Crippen LogP contribution in [-0.2, 0) is 9.59 Å². The van der Waals surface area contributed by atoms with E-state index in [1.165, 1.54) is 0 Å². The summed E-state index contributed by atoms with van der Waals surface area (Å²) < 4.78 is 5.50. The number of imide groups is 1. The number of rotatable bonds is 6. The summed E-state index contributed by atoms with van der Waals surface area (Å²) in [6, 6.07) is 8.83. The molecule has 1 aromatic rings. The number of ether oxygens (including phenoxy) is 1. The molecule has 2 atom stereocenters. The smallest absolute Gasteiger partial charge is 0.325 e. The van der Waals surface area contributed by atoms with Gasteiger partial charge in [-0.2, -0.15) is 0 Å². The summed E-state index contributed by atoms with van der Waals surface area (Å²) in [5.41, 5.74) is -0.827. The molecule has 1 saturated heterocycles. The highest BCUT2D eigenvalue weighted by atomic mass is 16.5. The van der Waals surface area contributed by atoms with Crippen LogP contribution in [0.5, 0.6) is 5.75 Å². The first-order valence-corrected chi connectivity index (χ1v) is 9.11. The van der Waals surface area contributed by atoms with Gasteiger partial charge in [0, 0.05) is 0 Å². The molecule has 1 aromatic carbocycles. The Morgan fingerprint density at radius 1 is 1.31 bits per heavy atom. The molecule has 1 aliphatic carbocycles. The molecule has 1 saturated carbocycles. The maximum atomic E-state index is 12.8. The number of urea groups is 1. The Labute approximate surface area is 153 Å². The quantitative estimate of drug-likeness (QED) is 0.598. The van der Waals surface area contributed by atoms with Crippen molar-refractivity contribution in [2.75, 3.05) is 19.7 Å². The van der Waals surface area contributed by atoms with Crippen LogP contribution in [0, 0.1) is 5.92 Å². The van der Waals surface area contributed by atoms with Gasteiger partial charge in [0.05, 0.1) is 6.54 Å². The average Bonchev–Trinajstić information content (AvgIpc) is 2.87. The highest BCUT2D eigenvalue weighted by molar-refractivity contribution is 6.09. The lowest BCUT2D eigenvalue weighted by Crippen LogP contribution is -2.54. The lowest BCUT2D eigenvalue weighted by Gasteiger charge is -2.36. The Kier molecular flexibility index (Phi) is 5.44. The maximum Gasteiger partial charge on any atom is 0.325 e. The molecule has 3 rings (SSSR count). The van der Waals surface area contributed by atoms with Crippen LogP contribution in [0.4, 0.5) is 4.79 Å². The fourth-order valence-electron chi connectivity index (χ4n) is 3.71. The van der Waals surface area contributed by atoms with Crippen LogP contribution in [0.15, 0.2) is 30.3 Å². The van der Waals surface area contributed by atoms with Gasteiger partial charge >= 0.3 is 6.03 Å². The van der Waals surface area contributed by atoms with Crippen LogP contribution in [-0.4, -0.2) is 48.0 Å². The summed E-state index contributed by atoms with van der Waals surface area (Å²) in [5, 5.41) is 5.53. The van der Waals surface area contributed by atoms with E-state index in [9.17, 15) is 14.4 Å². The Morgan fingerprint density at radius 2 is 2.08 bits per heavy atom. The largest absolute Gasteiger partial charge is 0.492 e. The standard InChI is InChI=1S/C19H25N3O4/c1-14-7-5-6-10-19(14)17(24)22(18(25)21-19)13-16(23)20-11-12-26-15-8-3-2-4-9-15/h2-4,8-9,14H,5-7,10-13H2,1H3,(H,20,23)(H,21,25)/t14-,19+/m1/s1. The first-order chi connectivity index (χ1) is 12.5. The first-order valence-electron chi connectivity index (χ1n) is 9.11. The Bertz CT molecular complexity index is 679. The Morgan fingerprint density at radius 3 is 2.81 bits per heavy atom. The van der Waals surface area contributed by atoms with Gasteiger partial charge in [0.15, 0.2) is 0 Å². The molecule has 26 heavy (non-hydrogen) atoms. The van der Waals surface area contributed by atoms with E-state index in [1.54, 1.807) is 0 Å². The maximum absolute atomic E-state index is 12.8. The molecule has 2 aliphatic rings. The lowest BCUT2D eigenvalue weighted by molar-refractivity contribution is -0.137. The van der Waals surface area contributed by atoms with Gasteiger partial charge in [-0.1, -0.05) is 38.0 Å². The monoisotopic (exact) mass is 359 g/mol. The van der Waals surface area contributed by atoms with Crippen molar-refractivity contribution in [1.82, 2.24) is 15.5 Å². The summed E-state index contributed by atoms with van der Waals surface area (Å²) in [6.07, 6.45) is 3.52. The predicted octanol–water partition coefficient (Wildman–Crippen LogP) is 1.68. The van der Waals surface area contributed by atoms with Crippen molar-refractivity contribution in [3.05, 3.63) is 30.3 Å². The predicted molar refractivity (Wildman–Crippen MR) is 95.6 cm³/mol. The van der Waals surface area contributed by atoms with E-state index in [-0.39, 0.29) is 24.3 Å². The molecule has 1 heterocycles. The van der Waals surface area contributed by atoms with Crippen molar-refractivity contribution in [3.8, 4) is 5.75 Å². The van der Waals surface area contributed by atoms with Crippen LogP contribution in [0.25, 0.3) is 0 Å². The van der Waals surface area contributed by atoms with Crippen molar-refractivity contribution in [2.45, 2.75) is 38.1 Å². The van der Waals surface area contributed by atoms with Crippen LogP contribution >= 0.6 is 0 Å². The van der Waals surface area contributed by atoms with Crippen LogP contribution < -0.4 is 15.4 Å². The number of hydrogen-bond acceptors (Lipinski definition) is 4. The van der Waals surface area contributed by atoms with Crippen molar-refractivity contribution in [1.29, 1.82) is 0 Å². The van der Waals surface area contributed by atoms with Gasteiger partial charge in [-0.15, -0.1) is 0 Å². The number of nitrogens with one attached hydrogen (secondary N) is 2. The number of carbonyl (C=O) groups is 3.